The van der Waals surface area contributed by atoms with Gasteiger partial charge in [-0.3, -0.25) is 9.69 Å². The van der Waals surface area contributed by atoms with Crippen LogP contribution < -0.4 is 15.2 Å². The molecule has 0 saturated carbocycles. The number of halogens is 1. The summed E-state index contributed by atoms with van der Waals surface area (Å²) in [6, 6.07) is 2.87. The van der Waals surface area contributed by atoms with E-state index in [0.717, 1.165) is 31.8 Å². The molecule has 0 unspecified atom stereocenters. The monoisotopic (exact) mass is 447 g/mol. The number of sulfonamides is 1. The Bertz CT molecular complexity index is 762. The van der Waals surface area contributed by atoms with Crippen molar-refractivity contribution in [2.75, 3.05) is 26.7 Å². The molecule has 26 heavy (non-hydrogen) atoms. The number of piperidine rings is 1. The highest BCUT2D eigenvalue weighted by Gasteiger charge is 2.23. The van der Waals surface area contributed by atoms with Crippen LogP contribution in [-0.4, -0.2) is 52.0 Å². The van der Waals surface area contributed by atoms with Crippen LogP contribution in [0.3, 0.4) is 0 Å². The van der Waals surface area contributed by atoms with Gasteiger partial charge in [0.25, 0.3) is 5.91 Å². The zero-order valence-corrected chi connectivity index (χ0v) is 17.7. The molecule has 1 saturated heterocycles. The van der Waals surface area contributed by atoms with Crippen LogP contribution in [0.2, 0.25) is 0 Å². The summed E-state index contributed by atoms with van der Waals surface area (Å²) in [5, 5.41) is 8.08. The fourth-order valence-electron chi connectivity index (χ4n) is 3.03. The van der Waals surface area contributed by atoms with Crippen LogP contribution in [0.1, 0.15) is 37.0 Å². The van der Waals surface area contributed by atoms with Crippen LogP contribution in [0.15, 0.2) is 21.5 Å². The molecule has 1 heterocycles. The second-order valence-electron chi connectivity index (χ2n) is 6.81. The fourth-order valence-corrected chi connectivity index (χ4v) is 4.65. The SMILES string of the molecule is COc1cc(Br)c(S(N)(=O)=O)cc1C(=O)NC[C@@H](C)N1CCC(C)CC1. The number of primary sulfonamides is 1. The lowest BCUT2D eigenvalue weighted by Crippen LogP contribution is -2.45. The minimum atomic E-state index is -3.96. The van der Waals surface area contributed by atoms with Crippen LogP contribution in [-0.2, 0) is 10.0 Å². The average molecular weight is 448 g/mol. The topological polar surface area (TPSA) is 102 Å². The van der Waals surface area contributed by atoms with Crippen molar-refractivity contribution in [1.82, 2.24) is 10.2 Å². The molecule has 9 heteroatoms. The Morgan fingerprint density at radius 1 is 1.42 bits per heavy atom. The number of methoxy groups -OCH3 is 1. The van der Waals surface area contributed by atoms with Gasteiger partial charge in [-0.05, 0) is 66.8 Å². The predicted molar refractivity (Wildman–Crippen MR) is 104 cm³/mol. The number of carbonyl (C=O) groups excluding carboxylic acids is 1. The van der Waals surface area contributed by atoms with E-state index in [9.17, 15) is 13.2 Å². The third-order valence-corrected chi connectivity index (χ3v) is 6.67. The number of hydrogen-bond donors (Lipinski definition) is 2. The molecular weight excluding hydrogens is 422 g/mol. The van der Waals surface area contributed by atoms with E-state index in [0.29, 0.717) is 6.54 Å². The molecule has 1 amide bonds. The van der Waals surface area contributed by atoms with E-state index in [2.05, 4.69) is 40.0 Å². The van der Waals surface area contributed by atoms with Crippen LogP contribution in [0.25, 0.3) is 0 Å². The lowest BCUT2D eigenvalue weighted by Gasteiger charge is -2.35. The van der Waals surface area contributed by atoms with Gasteiger partial charge in [0.15, 0.2) is 0 Å². The van der Waals surface area contributed by atoms with Crippen LogP contribution in [0, 0.1) is 5.92 Å². The van der Waals surface area contributed by atoms with Gasteiger partial charge in [-0.1, -0.05) is 6.92 Å². The molecule has 1 fully saturated rings. The zero-order valence-electron chi connectivity index (χ0n) is 15.3. The molecule has 1 aliphatic heterocycles. The smallest absolute Gasteiger partial charge is 0.255 e. The van der Waals surface area contributed by atoms with Crippen molar-refractivity contribution in [3.63, 3.8) is 0 Å². The molecule has 0 bridgehead atoms. The Balaban J connectivity index is 2.11. The maximum atomic E-state index is 12.6. The molecule has 146 valence electrons. The molecular formula is C17H26BrN3O4S. The van der Waals surface area contributed by atoms with Crippen molar-refractivity contribution in [3.8, 4) is 5.75 Å². The molecule has 2 rings (SSSR count). The van der Waals surface area contributed by atoms with Gasteiger partial charge in [0.1, 0.15) is 5.75 Å². The second kappa shape index (κ2) is 8.69. The molecule has 0 spiro atoms. The Morgan fingerprint density at radius 3 is 2.58 bits per heavy atom. The summed E-state index contributed by atoms with van der Waals surface area (Å²) in [5.74, 6) is 0.634. The summed E-state index contributed by atoms with van der Waals surface area (Å²) in [6.07, 6.45) is 2.33. The highest BCUT2D eigenvalue weighted by Crippen LogP contribution is 2.30. The zero-order chi connectivity index (χ0) is 19.5. The van der Waals surface area contributed by atoms with Crippen molar-refractivity contribution < 1.29 is 17.9 Å². The molecule has 0 radical (unpaired) electrons. The number of nitrogens with one attached hydrogen (secondary N) is 1. The Hall–Kier alpha value is -1.16. The van der Waals surface area contributed by atoms with Gasteiger partial charge in [0.05, 0.1) is 17.6 Å². The highest BCUT2D eigenvalue weighted by molar-refractivity contribution is 9.10. The van der Waals surface area contributed by atoms with Gasteiger partial charge in [-0.15, -0.1) is 0 Å². The number of nitrogens with two attached hydrogens (primary N) is 1. The van der Waals surface area contributed by atoms with Gasteiger partial charge in [-0.25, -0.2) is 13.6 Å². The number of likely N-dealkylation sites (tertiary alicyclic amines) is 1. The first-order valence-electron chi connectivity index (χ1n) is 8.56. The van der Waals surface area contributed by atoms with Gasteiger partial charge < -0.3 is 10.1 Å². The molecule has 0 aliphatic carbocycles. The van der Waals surface area contributed by atoms with Crippen LogP contribution in [0.5, 0.6) is 5.75 Å². The third-order valence-electron chi connectivity index (χ3n) is 4.80. The Morgan fingerprint density at radius 2 is 2.04 bits per heavy atom. The van der Waals surface area contributed by atoms with Crippen molar-refractivity contribution in [2.24, 2.45) is 11.1 Å². The van der Waals surface area contributed by atoms with E-state index in [4.69, 9.17) is 9.88 Å². The first-order chi connectivity index (χ1) is 12.1. The molecule has 1 aliphatic rings. The van der Waals surface area contributed by atoms with Crippen molar-refractivity contribution >= 4 is 31.9 Å². The van der Waals surface area contributed by atoms with Crippen LogP contribution in [0.4, 0.5) is 0 Å². The first-order valence-corrected chi connectivity index (χ1v) is 10.9. The van der Waals surface area contributed by atoms with Crippen molar-refractivity contribution in [3.05, 3.63) is 22.2 Å². The summed E-state index contributed by atoms with van der Waals surface area (Å²) >= 11 is 3.15. The van der Waals surface area contributed by atoms with E-state index in [1.54, 1.807) is 0 Å². The van der Waals surface area contributed by atoms with E-state index >= 15 is 0 Å². The standard InChI is InChI=1S/C17H26BrN3O4S/c1-11-4-6-21(7-5-11)12(2)10-20-17(22)13-8-16(26(19,23)24)14(18)9-15(13)25-3/h8-9,11-12H,4-7,10H2,1-3H3,(H,20,22)(H2,19,23,24)/t12-/m1/s1. The number of benzene rings is 1. The van der Waals surface area contributed by atoms with E-state index in [1.165, 1.54) is 19.2 Å². The summed E-state index contributed by atoms with van der Waals surface area (Å²) in [6.45, 7) is 6.85. The van der Waals surface area contributed by atoms with E-state index in [1.807, 2.05) is 0 Å². The predicted octanol–water partition coefficient (Wildman–Crippen LogP) is 1.96. The normalized spacial score (nSPS) is 17.7. The van der Waals surface area contributed by atoms with Crippen LogP contribution >= 0.6 is 15.9 Å². The third kappa shape index (κ3) is 5.18. The maximum Gasteiger partial charge on any atom is 0.255 e. The quantitative estimate of drug-likeness (QED) is 0.693. The number of ether oxygens (including phenoxy) is 1. The van der Waals surface area contributed by atoms with E-state index in [-0.39, 0.29) is 26.7 Å². The summed E-state index contributed by atoms with van der Waals surface area (Å²) in [4.78, 5) is 14.8. The van der Waals surface area contributed by atoms with Gasteiger partial charge in [-0.2, -0.15) is 0 Å². The molecule has 1 atom stereocenters. The summed E-state index contributed by atoms with van der Waals surface area (Å²) < 4.78 is 28.9. The Labute approximate surface area is 163 Å². The number of hydrogen-bond acceptors (Lipinski definition) is 5. The number of nitrogens with zero attached hydrogens (tertiary/aromatic N) is 1. The molecule has 7 nitrogen and oxygen atoms in total. The lowest BCUT2D eigenvalue weighted by atomic mass is 9.98. The first kappa shape index (κ1) is 21.1. The summed E-state index contributed by atoms with van der Waals surface area (Å²) in [7, 11) is -2.54. The largest absolute Gasteiger partial charge is 0.496 e. The minimum Gasteiger partial charge on any atom is -0.496 e. The molecule has 0 aromatic heterocycles. The average Bonchev–Trinajstić information content (AvgIpc) is 2.58. The molecule has 1 aromatic rings. The number of carbonyl (C=O) groups is 1. The fraction of sp³-hybridized carbons (Fsp3) is 0.588. The second-order valence-corrected chi connectivity index (χ2v) is 9.19. The number of rotatable bonds is 6. The number of amides is 1. The maximum absolute atomic E-state index is 12.6. The summed E-state index contributed by atoms with van der Waals surface area (Å²) in [5.41, 5.74) is 0.138. The van der Waals surface area contributed by atoms with Crippen molar-refractivity contribution in [2.45, 2.75) is 37.6 Å². The lowest BCUT2D eigenvalue weighted by molar-refractivity contribution is 0.0918. The van der Waals surface area contributed by atoms with Gasteiger partial charge in [0.2, 0.25) is 10.0 Å². The molecule has 1 aromatic carbocycles. The Kier molecular flexibility index (Phi) is 7.06. The minimum absolute atomic E-state index is 0.138. The van der Waals surface area contributed by atoms with E-state index < -0.39 is 15.9 Å². The van der Waals surface area contributed by atoms with Crippen molar-refractivity contribution in [1.29, 1.82) is 0 Å². The van der Waals surface area contributed by atoms with Gasteiger partial charge in [0, 0.05) is 17.1 Å². The highest BCUT2D eigenvalue weighted by atomic mass is 79.9. The van der Waals surface area contributed by atoms with Gasteiger partial charge >= 0.3 is 0 Å². The molecule has 3 N–H and O–H groups in total.